The van der Waals surface area contributed by atoms with E-state index in [0.29, 0.717) is 0 Å². The van der Waals surface area contributed by atoms with Crippen molar-refractivity contribution in [2.24, 2.45) is 0 Å². The number of allylic oxidation sites excluding steroid dienone is 3. The Balaban J connectivity index is 2.59. The van der Waals surface area contributed by atoms with Crippen molar-refractivity contribution in [3.05, 3.63) is 52.1 Å². The maximum Gasteiger partial charge on any atom is 0.248 e. The van der Waals surface area contributed by atoms with Crippen LogP contribution >= 0.6 is 22.6 Å². The van der Waals surface area contributed by atoms with Gasteiger partial charge in [-0.05, 0) is 47.7 Å². The third-order valence-electron chi connectivity index (χ3n) is 1.64. The lowest BCUT2D eigenvalue weighted by Crippen LogP contribution is -2.07. The van der Waals surface area contributed by atoms with Gasteiger partial charge in [-0.15, -0.1) is 0 Å². The summed E-state index contributed by atoms with van der Waals surface area (Å²) in [6.07, 6.45) is 6.90. The molecule has 1 aromatic carbocycles. The lowest BCUT2D eigenvalue weighted by molar-refractivity contribution is -0.111. The van der Waals surface area contributed by atoms with Gasteiger partial charge in [0.1, 0.15) is 0 Å². The number of rotatable bonds is 3. The Morgan fingerprint density at radius 1 is 1.40 bits per heavy atom. The molecular weight excluding hydrogens is 301 g/mol. The molecule has 0 saturated carbocycles. The molecule has 1 aromatic rings. The highest BCUT2D eigenvalue weighted by atomic mass is 127. The molecule has 15 heavy (non-hydrogen) atoms. The van der Waals surface area contributed by atoms with Crippen molar-refractivity contribution in [3.63, 3.8) is 0 Å². The SMILES string of the molecule is C/C=C/C=C/C(=O)Nc1cccc(I)c1. The summed E-state index contributed by atoms with van der Waals surface area (Å²) in [6.45, 7) is 1.90. The molecule has 0 aromatic heterocycles. The van der Waals surface area contributed by atoms with Crippen molar-refractivity contribution in [1.29, 1.82) is 0 Å². The largest absolute Gasteiger partial charge is 0.322 e. The fraction of sp³-hybridized carbons (Fsp3) is 0.0833. The van der Waals surface area contributed by atoms with Crippen LogP contribution in [0.15, 0.2) is 48.6 Å². The zero-order chi connectivity index (χ0) is 11.1. The maximum atomic E-state index is 11.4. The number of carbonyl (C=O) groups excluding carboxylic acids is 1. The minimum absolute atomic E-state index is 0.116. The molecule has 0 heterocycles. The van der Waals surface area contributed by atoms with E-state index >= 15 is 0 Å². The van der Waals surface area contributed by atoms with Crippen LogP contribution in [0.3, 0.4) is 0 Å². The lowest BCUT2D eigenvalue weighted by atomic mass is 10.3. The standard InChI is InChI=1S/C12H12INO/c1-2-3-4-8-12(15)14-11-7-5-6-10(13)9-11/h2-9H,1H3,(H,14,15)/b3-2+,8-4+. The molecule has 0 fully saturated rings. The number of nitrogens with one attached hydrogen (secondary N) is 1. The Labute approximate surface area is 103 Å². The molecule has 0 radical (unpaired) electrons. The number of amides is 1. The van der Waals surface area contributed by atoms with Gasteiger partial charge in [-0.3, -0.25) is 4.79 Å². The first-order valence-electron chi connectivity index (χ1n) is 4.58. The second-order valence-corrected chi connectivity index (χ2v) is 4.13. The van der Waals surface area contributed by atoms with Crippen molar-refractivity contribution in [2.45, 2.75) is 6.92 Å². The number of benzene rings is 1. The van der Waals surface area contributed by atoms with Crippen LogP contribution in [0.1, 0.15) is 6.92 Å². The molecule has 78 valence electrons. The Morgan fingerprint density at radius 2 is 2.20 bits per heavy atom. The number of hydrogen-bond acceptors (Lipinski definition) is 1. The maximum absolute atomic E-state index is 11.4. The van der Waals surface area contributed by atoms with E-state index in [-0.39, 0.29) is 5.91 Å². The smallest absolute Gasteiger partial charge is 0.248 e. The summed E-state index contributed by atoms with van der Waals surface area (Å²) in [6, 6.07) is 7.67. The van der Waals surface area contributed by atoms with Crippen molar-refractivity contribution in [1.82, 2.24) is 0 Å². The third-order valence-corrected chi connectivity index (χ3v) is 2.31. The van der Waals surface area contributed by atoms with Crippen molar-refractivity contribution >= 4 is 34.2 Å². The molecule has 1 amide bonds. The summed E-state index contributed by atoms with van der Waals surface area (Å²) >= 11 is 2.21. The molecule has 0 spiro atoms. The highest BCUT2D eigenvalue weighted by Crippen LogP contribution is 2.12. The van der Waals surface area contributed by atoms with E-state index in [0.717, 1.165) is 9.26 Å². The second-order valence-electron chi connectivity index (χ2n) is 2.88. The zero-order valence-corrected chi connectivity index (χ0v) is 10.6. The molecule has 0 aliphatic carbocycles. The monoisotopic (exact) mass is 313 g/mol. The van der Waals surface area contributed by atoms with E-state index in [1.54, 1.807) is 6.08 Å². The molecule has 3 heteroatoms. The fourth-order valence-corrected chi connectivity index (χ4v) is 1.55. The molecule has 0 saturated heterocycles. The molecule has 0 aliphatic heterocycles. The van der Waals surface area contributed by atoms with Crippen molar-refractivity contribution in [3.8, 4) is 0 Å². The summed E-state index contributed by atoms with van der Waals surface area (Å²) < 4.78 is 1.10. The van der Waals surface area contributed by atoms with Crippen LogP contribution in [0.4, 0.5) is 5.69 Å². The second kappa shape index (κ2) is 6.40. The molecule has 1 rings (SSSR count). The number of anilines is 1. The van der Waals surface area contributed by atoms with E-state index in [1.165, 1.54) is 6.08 Å². The van der Waals surface area contributed by atoms with Crippen LogP contribution in [0.25, 0.3) is 0 Å². The van der Waals surface area contributed by atoms with E-state index < -0.39 is 0 Å². The van der Waals surface area contributed by atoms with Gasteiger partial charge in [0.15, 0.2) is 0 Å². The van der Waals surface area contributed by atoms with Gasteiger partial charge in [0.25, 0.3) is 0 Å². The molecule has 0 aliphatic rings. The molecule has 2 nitrogen and oxygen atoms in total. The molecule has 1 N–H and O–H groups in total. The minimum Gasteiger partial charge on any atom is -0.322 e. The van der Waals surface area contributed by atoms with Gasteiger partial charge in [-0.25, -0.2) is 0 Å². The fourth-order valence-electron chi connectivity index (χ4n) is 1.00. The average Bonchev–Trinajstić information content (AvgIpc) is 2.18. The summed E-state index contributed by atoms with van der Waals surface area (Å²) in [4.78, 5) is 11.4. The van der Waals surface area contributed by atoms with Crippen molar-refractivity contribution < 1.29 is 4.79 Å². The van der Waals surface area contributed by atoms with Gasteiger partial charge in [-0.2, -0.15) is 0 Å². The van der Waals surface area contributed by atoms with E-state index in [9.17, 15) is 4.79 Å². The number of halogens is 1. The van der Waals surface area contributed by atoms with Crippen LogP contribution in [-0.4, -0.2) is 5.91 Å². The van der Waals surface area contributed by atoms with Gasteiger partial charge >= 0.3 is 0 Å². The third kappa shape index (κ3) is 4.78. The number of carbonyl (C=O) groups is 1. The van der Waals surface area contributed by atoms with Crippen LogP contribution in [0, 0.1) is 3.57 Å². The predicted octanol–water partition coefficient (Wildman–Crippen LogP) is 3.36. The van der Waals surface area contributed by atoms with Gasteiger partial charge in [-0.1, -0.05) is 24.3 Å². The molecular formula is C12H12INO. The highest BCUT2D eigenvalue weighted by Gasteiger charge is 1.96. The van der Waals surface area contributed by atoms with Crippen molar-refractivity contribution in [2.75, 3.05) is 5.32 Å². The first-order valence-corrected chi connectivity index (χ1v) is 5.66. The highest BCUT2D eigenvalue weighted by molar-refractivity contribution is 14.1. The molecule has 0 bridgehead atoms. The lowest BCUT2D eigenvalue weighted by Gasteiger charge is -2.01. The first kappa shape index (κ1) is 12.0. The Bertz CT molecular complexity index is 396. The Morgan fingerprint density at radius 3 is 2.87 bits per heavy atom. The summed E-state index contributed by atoms with van der Waals surface area (Å²) in [5.74, 6) is -0.116. The molecule has 0 unspecified atom stereocenters. The van der Waals surface area contributed by atoms with Crippen LogP contribution < -0.4 is 5.32 Å². The quantitative estimate of drug-likeness (QED) is 0.517. The van der Waals surface area contributed by atoms with Gasteiger partial charge in [0.2, 0.25) is 5.91 Å². The predicted molar refractivity (Wildman–Crippen MR) is 71.7 cm³/mol. The Kier molecular flexibility index (Phi) is 5.10. The first-order chi connectivity index (χ1) is 7.22. The van der Waals surface area contributed by atoms with Gasteiger partial charge < -0.3 is 5.32 Å². The summed E-state index contributed by atoms with van der Waals surface area (Å²) in [5.41, 5.74) is 0.817. The summed E-state index contributed by atoms with van der Waals surface area (Å²) in [7, 11) is 0. The average molecular weight is 313 g/mol. The topological polar surface area (TPSA) is 29.1 Å². The van der Waals surface area contributed by atoms with Crippen LogP contribution in [0.5, 0.6) is 0 Å². The van der Waals surface area contributed by atoms with Crippen LogP contribution in [0.2, 0.25) is 0 Å². The van der Waals surface area contributed by atoms with Crippen LogP contribution in [-0.2, 0) is 4.79 Å². The van der Waals surface area contributed by atoms with Gasteiger partial charge in [0.05, 0.1) is 0 Å². The molecule has 0 atom stereocenters. The zero-order valence-electron chi connectivity index (χ0n) is 8.41. The Hall–Kier alpha value is -1.10. The van der Waals surface area contributed by atoms with Gasteiger partial charge in [0, 0.05) is 15.3 Å². The normalized spacial score (nSPS) is 11.1. The van der Waals surface area contributed by atoms with E-state index in [1.807, 2.05) is 43.3 Å². The number of hydrogen-bond donors (Lipinski definition) is 1. The van der Waals surface area contributed by atoms with E-state index in [4.69, 9.17) is 0 Å². The summed E-state index contributed by atoms with van der Waals surface area (Å²) in [5, 5.41) is 2.78. The minimum atomic E-state index is -0.116. The van der Waals surface area contributed by atoms with E-state index in [2.05, 4.69) is 27.9 Å².